The van der Waals surface area contributed by atoms with Crippen molar-refractivity contribution in [2.75, 3.05) is 25.0 Å². The van der Waals surface area contributed by atoms with Crippen LogP contribution < -0.4 is 10.6 Å². The predicted octanol–water partition coefficient (Wildman–Crippen LogP) is 2.40. The van der Waals surface area contributed by atoms with Crippen LogP contribution in [0.2, 0.25) is 5.02 Å². The van der Waals surface area contributed by atoms with E-state index in [0.717, 1.165) is 12.8 Å². The Balaban J connectivity index is 1.56. The summed E-state index contributed by atoms with van der Waals surface area (Å²) < 4.78 is 0. The van der Waals surface area contributed by atoms with Crippen LogP contribution in [0.1, 0.15) is 43.3 Å². The van der Waals surface area contributed by atoms with Crippen LogP contribution in [-0.2, 0) is 17.8 Å². The van der Waals surface area contributed by atoms with Crippen molar-refractivity contribution in [3.63, 3.8) is 0 Å². The van der Waals surface area contributed by atoms with E-state index in [0.29, 0.717) is 72.5 Å². The molecule has 0 aliphatic heterocycles. The standard InChI is InChI=1S/C22H29ClN8O3/c1-4-5-10-30(14-32)21-20(24-22(34)25-21)15(2)29(3)9-6-11-31-27-19(26-28-31)12-16-7-8-17(23)13-18(16)33/h7-8,13-14,33H,2,4-6,9-12H2,1,3H3,(H2,24,25,34). The molecule has 0 aliphatic carbocycles. The van der Waals surface area contributed by atoms with Crippen LogP contribution in [0.3, 0.4) is 0 Å². The van der Waals surface area contributed by atoms with Crippen molar-refractivity contribution >= 4 is 29.5 Å². The van der Waals surface area contributed by atoms with Gasteiger partial charge in [0.2, 0.25) is 6.41 Å². The maximum atomic E-state index is 11.9. The fourth-order valence-corrected chi connectivity index (χ4v) is 3.58. The van der Waals surface area contributed by atoms with Gasteiger partial charge in [-0.15, -0.1) is 10.2 Å². The van der Waals surface area contributed by atoms with E-state index in [1.165, 1.54) is 15.8 Å². The molecule has 2 aromatic heterocycles. The van der Waals surface area contributed by atoms with E-state index < -0.39 is 5.69 Å². The molecule has 0 saturated carbocycles. The molecule has 12 heteroatoms. The van der Waals surface area contributed by atoms with Crippen LogP contribution in [0.15, 0.2) is 29.6 Å². The third kappa shape index (κ3) is 6.25. The molecule has 0 aliphatic rings. The average Bonchev–Trinajstić information content (AvgIpc) is 3.42. The molecule has 0 bridgehead atoms. The monoisotopic (exact) mass is 488 g/mol. The number of phenolic OH excluding ortho intramolecular Hbond substituents is 1. The lowest BCUT2D eigenvalue weighted by Gasteiger charge is -2.23. The zero-order valence-electron chi connectivity index (χ0n) is 19.3. The number of benzene rings is 1. The summed E-state index contributed by atoms with van der Waals surface area (Å²) in [6, 6.07) is 4.91. The zero-order chi connectivity index (χ0) is 24.7. The number of tetrazole rings is 1. The van der Waals surface area contributed by atoms with Gasteiger partial charge in [0.1, 0.15) is 17.3 Å². The Morgan fingerprint density at radius 3 is 2.79 bits per heavy atom. The van der Waals surface area contributed by atoms with Gasteiger partial charge in [-0.25, -0.2) is 4.79 Å². The summed E-state index contributed by atoms with van der Waals surface area (Å²) in [6.07, 6.45) is 3.49. The van der Waals surface area contributed by atoms with Gasteiger partial charge in [0.25, 0.3) is 0 Å². The largest absolute Gasteiger partial charge is 0.508 e. The van der Waals surface area contributed by atoms with Crippen molar-refractivity contribution in [3.05, 3.63) is 57.4 Å². The van der Waals surface area contributed by atoms with E-state index in [-0.39, 0.29) is 5.75 Å². The highest BCUT2D eigenvalue weighted by Crippen LogP contribution is 2.24. The second kappa shape index (κ2) is 11.5. The number of imidazole rings is 1. The second-order valence-electron chi connectivity index (χ2n) is 7.93. The van der Waals surface area contributed by atoms with Gasteiger partial charge in [-0.1, -0.05) is 37.6 Å². The van der Waals surface area contributed by atoms with Crippen molar-refractivity contribution < 1.29 is 9.90 Å². The third-order valence-electron chi connectivity index (χ3n) is 5.37. The van der Waals surface area contributed by atoms with Gasteiger partial charge in [0.05, 0.1) is 12.2 Å². The molecule has 2 heterocycles. The van der Waals surface area contributed by atoms with E-state index in [2.05, 4.69) is 32.0 Å². The van der Waals surface area contributed by atoms with Gasteiger partial charge < -0.3 is 15.0 Å². The normalized spacial score (nSPS) is 10.9. The highest BCUT2D eigenvalue weighted by atomic mass is 35.5. The van der Waals surface area contributed by atoms with Crippen LogP contribution >= 0.6 is 11.6 Å². The molecule has 0 saturated heterocycles. The summed E-state index contributed by atoms with van der Waals surface area (Å²) in [6.45, 7) is 7.76. The van der Waals surface area contributed by atoms with Crippen molar-refractivity contribution in [2.24, 2.45) is 0 Å². The highest BCUT2D eigenvalue weighted by molar-refractivity contribution is 6.30. The van der Waals surface area contributed by atoms with Gasteiger partial charge in [-0.05, 0) is 30.2 Å². The summed E-state index contributed by atoms with van der Waals surface area (Å²) in [5, 5.41) is 22.9. The number of hydrogen-bond acceptors (Lipinski definition) is 7. The molecule has 3 aromatic rings. The number of carbonyl (C=O) groups is 1. The van der Waals surface area contributed by atoms with Crippen molar-refractivity contribution in [1.82, 2.24) is 35.1 Å². The molecule has 1 amide bonds. The number of rotatable bonds is 13. The molecule has 182 valence electrons. The maximum absolute atomic E-state index is 11.9. The number of unbranched alkanes of at least 4 members (excludes halogenated alkanes) is 1. The molecule has 0 unspecified atom stereocenters. The zero-order valence-corrected chi connectivity index (χ0v) is 20.0. The number of nitrogens with one attached hydrogen (secondary N) is 2. The molecule has 0 spiro atoms. The number of carbonyl (C=O) groups excluding carboxylic acids is 1. The van der Waals surface area contributed by atoms with E-state index >= 15 is 0 Å². The first-order chi connectivity index (χ1) is 16.3. The number of phenols is 1. The van der Waals surface area contributed by atoms with E-state index in [4.69, 9.17) is 11.6 Å². The van der Waals surface area contributed by atoms with E-state index in [1.54, 1.807) is 12.1 Å². The van der Waals surface area contributed by atoms with Crippen LogP contribution in [0.25, 0.3) is 5.70 Å². The van der Waals surface area contributed by atoms with Crippen LogP contribution in [0.5, 0.6) is 5.75 Å². The fraction of sp³-hybridized carbons (Fsp3) is 0.409. The number of amides is 1. The van der Waals surface area contributed by atoms with Crippen molar-refractivity contribution in [1.29, 1.82) is 0 Å². The van der Waals surface area contributed by atoms with E-state index in [1.807, 2.05) is 18.9 Å². The fourth-order valence-electron chi connectivity index (χ4n) is 3.42. The summed E-state index contributed by atoms with van der Waals surface area (Å²) >= 11 is 5.87. The summed E-state index contributed by atoms with van der Waals surface area (Å²) in [5.74, 6) is 0.998. The molecule has 0 atom stereocenters. The number of aromatic amines is 2. The Morgan fingerprint density at radius 2 is 2.09 bits per heavy atom. The van der Waals surface area contributed by atoms with Crippen molar-refractivity contribution in [3.8, 4) is 5.75 Å². The molecular weight excluding hydrogens is 460 g/mol. The number of aromatic nitrogens is 6. The molecule has 3 N–H and O–H groups in total. The minimum atomic E-state index is -0.394. The van der Waals surface area contributed by atoms with E-state index in [9.17, 15) is 14.7 Å². The van der Waals surface area contributed by atoms with Gasteiger partial charge >= 0.3 is 5.69 Å². The van der Waals surface area contributed by atoms with Gasteiger partial charge in [-0.2, -0.15) is 4.80 Å². The number of anilines is 1. The van der Waals surface area contributed by atoms with Crippen LogP contribution in [0.4, 0.5) is 5.82 Å². The van der Waals surface area contributed by atoms with Gasteiger partial charge in [0.15, 0.2) is 5.82 Å². The van der Waals surface area contributed by atoms with Crippen LogP contribution in [-0.4, -0.2) is 66.7 Å². The van der Waals surface area contributed by atoms with Crippen LogP contribution in [0, 0.1) is 0 Å². The number of aromatic hydroxyl groups is 1. The number of aryl methyl sites for hydroxylation is 1. The predicted molar refractivity (Wildman–Crippen MR) is 130 cm³/mol. The Labute approximate surface area is 202 Å². The average molecular weight is 489 g/mol. The molecule has 34 heavy (non-hydrogen) atoms. The Hall–Kier alpha value is -3.60. The second-order valence-corrected chi connectivity index (χ2v) is 8.36. The number of nitrogens with zero attached hydrogens (tertiary/aromatic N) is 6. The first kappa shape index (κ1) is 25.0. The lowest BCUT2D eigenvalue weighted by atomic mass is 10.1. The highest BCUT2D eigenvalue weighted by Gasteiger charge is 2.19. The SMILES string of the molecule is C=C(c1[nH]c(=O)[nH]c1N(C=O)CCCC)N(C)CCCn1nnc(Cc2ccc(Cl)cc2O)n1. The maximum Gasteiger partial charge on any atom is 0.325 e. The number of H-pyrrole nitrogens is 2. The minimum Gasteiger partial charge on any atom is -0.508 e. The molecule has 11 nitrogen and oxygen atoms in total. The molecule has 0 fully saturated rings. The first-order valence-electron chi connectivity index (χ1n) is 11.0. The molecule has 0 radical (unpaired) electrons. The van der Waals surface area contributed by atoms with Gasteiger partial charge in [-0.3, -0.25) is 14.7 Å². The minimum absolute atomic E-state index is 0.0917. The summed E-state index contributed by atoms with van der Waals surface area (Å²) in [4.78, 5) is 33.8. The Morgan fingerprint density at radius 1 is 1.29 bits per heavy atom. The summed E-state index contributed by atoms with van der Waals surface area (Å²) in [7, 11) is 1.86. The smallest absolute Gasteiger partial charge is 0.325 e. The topological polar surface area (TPSA) is 136 Å². The van der Waals surface area contributed by atoms with Crippen molar-refractivity contribution in [2.45, 2.75) is 39.2 Å². The lowest BCUT2D eigenvalue weighted by molar-refractivity contribution is -0.107. The third-order valence-corrected chi connectivity index (χ3v) is 5.60. The quantitative estimate of drug-likeness (QED) is 0.314. The molecule has 1 aromatic carbocycles. The molecule has 3 rings (SSSR count). The summed E-state index contributed by atoms with van der Waals surface area (Å²) in [5.41, 5.74) is 1.34. The Bertz CT molecular complexity index is 1190. The number of halogens is 1. The lowest BCUT2D eigenvalue weighted by Crippen LogP contribution is -2.26. The number of hydrogen-bond donors (Lipinski definition) is 3. The first-order valence-corrected chi connectivity index (χ1v) is 11.4. The van der Waals surface area contributed by atoms with Gasteiger partial charge in [0, 0.05) is 37.1 Å². The molecular formula is C22H29ClN8O3. The Kier molecular flexibility index (Phi) is 8.47.